The Kier molecular flexibility index (Phi) is 4.88. The van der Waals surface area contributed by atoms with Gasteiger partial charge in [-0.1, -0.05) is 26.0 Å². The van der Waals surface area contributed by atoms with E-state index in [-0.39, 0.29) is 12.0 Å². The van der Waals surface area contributed by atoms with E-state index in [1.54, 1.807) is 11.8 Å². The standard InChI is InChI=1S/C15H21NO2S/c1-11(2)19-14-6-4-3-5-13(14)15(18)16-9-7-12(17)8-10-16/h3-6,11-12,17H,7-10H2,1-2H3. The molecule has 0 aromatic heterocycles. The Balaban J connectivity index is 2.14. The van der Waals surface area contributed by atoms with Crippen LogP contribution in [0.5, 0.6) is 0 Å². The molecule has 1 heterocycles. The summed E-state index contributed by atoms with van der Waals surface area (Å²) in [6, 6.07) is 7.80. The first-order valence-electron chi connectivity index (χ1n) is 6.81. The van der Waals surface area contributed by atoms with E-state index in [1.807, 2.05) is 29.2 Å². The molecule has 0 bridgehead atoms. The van der Waals surface area contributed by atoms with Gasteiger partial charge in [0.15, 0.2) is 0 Å². The number of aliphatic hydroxyl groups excluding tert-OH is 1. The van der Waals surface area contributed by atoms with Crippen LogP contribution in [0.1, 0.15) is 37.0 Å². The molecule has 1 saturated heterocycles. The highest BCUT2D eigenvalue weighted by Gasteiger charge is 2.24. The van der Waals surface area contributed by atoms with E-state index in [4.69, 9.17) is 0 Å². The smallest absolute Gasteiger partial charge is 0.254 e. The molecule has 0 spiro atoms. The first-order valence-corrected chi connectivity index (χ1v) is 7.69. The van der Waals surface area contributed by atoms with Gasteiger partial charge in [0.2, 0.25) is 0 Å². The average molecular weight is 279 g/mol. The van der Waals surface area contributed by atoms with Crippen LogP contribution in [0.4, 0.5) is 0 Å². The average Bonchev–Trinajstić information content (AvgIpc) is 2.39. The molecule has 1 aromatic carbocycles. The Morgan fingerprint density at radius 1 is 1.32 bits per heavy atom. The van der Waals surface area contributed by atoms with Crippen molar-refractivity contribution in [3.8, 4) is 0 Å². The fourth-order valence-corrected chi connectivity index (χ4v) is 3.19. The molecule has 4 heteroatoms. The highest BCUT2D eigenvalue weighted by Crippen LogP contribution is 2.28. The second-order valence-corrected chi connectivity index (χ2v) is 6.80. The number of hydrogen-bond donors (Lipinski definition) is 1. The highest BCUT2D eigenvalue weighted by atomic mass is 32.2. The lowest BCUT2D eigenvalue weighted by Gasteiger charge is -2.30. The van der Waals surface area contributed by atoms with Gasteiger partial charge in [-0.2, -0.15) is 0 Å². The molecule has 104 valence electrons. The zero-order chi connectivity index (χ0) is 13.8. The number of carbonyl (C=O) groups excluding carboxylic acids is 1. The summed E-state index contributed by atoms with van der Waals surface area (Å²) in [6.45, 7) is 5.56. The maximum absolute atomic E-state index is 12.5. The molecular weight excluding hydrogens is 258 g/mol. The summed E-state index contributed by atoms with van der Waals surface area (Å²) in [4.78, 5) is 15.4. The molecule has 0 unspecified atom stereocenters. The molecule has 1 amide bonds. The first kappa shape index (κ1) is 14.4. The number of aliphatic hydroxyl groups is 1. The predicted molar refractivity (Wildman–Crippen MR) is 78.6 cm³/mol. The van der Waals surface area contributed by atoms with Crippen molar-refractivity contribution < 1.29 is 9.90 Å². The summed E-state index contributed by atoms with van der Waals surface area (Å²) in [5.74, 6) is 0.0932. The lowest BCUT2D eigenvalue weighted by atomic mass is 10.1. The van der Waals surface area contributed by atoms with Gasteiger partial charge in [-0.05, 0) is 25.0 Å². The van der Waals surface area contributed by atoms with Gasteiger partial charge in [0, 0.05) is 23.2 Å². The number of rotatable bonds is 3. The third-order valence-electron chi connectivity index (χ3n) is 3.23. The minimum Gasteiger partial charge on any atom is -0.393 e. The number of benzene rings is 1. The zero-order valence-electron chi connectivity index (χ0n) is 11.5. The Morgan fingerprint density at radius 3 is 2.58 bits per heavy atom. The normalized spacial score (nSPS) is 16.9. The van der Waals surface area contributed by atoms with E-state index in [1.165, 1.54) is 0 Å². The minimum absolute atomic E-state index is 0.0932. The third-order valence-corrected chi connectivity index (χ3v) is 4.31. The Labute approximate surface area is 119 Å². The van der Waals surface area contributed by atoms with E-state index in [9.17, 15) is 9.90 Å². The number of nitrogens with zero attached hydrogens (tertiary/aromatic N) is 1. The second kappa shape index (κ2) is 6.44. The maximum Gasteiger partial charge on any atom is 0.254 e. The van der Waals surface area contributed by atoms with Crippen molar-refractivity contribution in [1.82, 2.24) is 4.90 Å². The van der Waals surface area contributed by atoms with E-state index >= 15 is 0 Å². The molecule has 1 aliphatic rings. The summed E-state index contributed by atoms with van der Waals surface area (Å²) < 4.78 is 0. The van der Waals surface area contributed by atoms with Gasteiger partial charge < -0.3 is 10.0 Å². The quantitative estimate of drug-likeness (QED) is 0.865. The van der Waals surface area contributed by atoms with Crippen LogP contribution in [0.25, 0.3) is 0 Å². The van der Waals surface area contributed by atoms with Crippen LogP contribution in [0.3, 0.4) is 0 Å². The van der Waals surface area contributed by atoms with Crippen LogP contribution in [-0.2, 0) is 0 Å². The van der Waals surface area contributed by atoms with Gasteiger partial charge in [-0.15, -0.1) is 11.8 Å². The number of likely N-dealkylation sites (tertiary alicyclic amines) is 1. The number of thioether (sulfide) groups is 1. The van der Waals surface area contributed by atoms with Gasteiger partial charge in [-0.25, -0.2) is 0 Å². The molecule has 3 nitrogen and oxygen atoms in total. The summed E-state index contributed by atoms with van der Waals surface area (Å²) in [6.07, 6.45) is 1.13. The fraction of sp³-hybridized carbons (Fsp3) is 0.533. The molecule has 2 rings (SSSR count). The molecule has 1 fully saturated rings. The Morgan fingerprint density at radius 2 is 1.95 bits per heavy atom. The van der Waals surface area contributed by atoms with Crippen molar-refractivity contribution in [3.05, 3.63) is 29.8 Å². The second-order valence-electron chi connectivity index (χ2n) is 5.19. The number of carbonyl (C=O) groups is 1. The monoisotopic (exact) mass is 279 g/mol. The molecule has 1 aliphatic heterocycles. The topological polar surface area (TPSA) is 40.5 Å². The highest BCUT2D eigenvalue weighted by molar-refractivity contribution is 8.00. The van der Waals surface area contributed by atoms with Crippen LogP contribution in [0, 0.1) is 0 Å². The lowest BCUT2D eigenvalue weighted by molar-refractivity contribution is 0.0543. The number of amides is 1. The first-order chi connectivity index (χ1) is 9.08. The summed E-state index contributed by atoms with van der Waals surface area (Å²) >= 11 is 1.72. The van der Waals surface area contributed by atoms with Crippen LogP contribution < -0.4 is 0 Å². The minimum atomic E-state index is -0.246. The molecule has 0 atom stereocenters. The lowest BCUT2D eigenvalue weighted by Crippen LogP contribution is -2.40. The Hall–Kier alpha value is -1.00. The van der Waals surface area contributed by atoms with E-state index in [2.05, 4.69) is 13.8 Å². The van der Waals surface area contributed by atoms with Crippen molar-refractivity contribution in [2.45, 2.75) is 42.9 Å². The largest absolute Gasteiger partial charge is 0.393 e. The van der Waals surface area contributed by atoms with Gasteiger partial charge in [-0.3, -0.25) is 4.79 Å². The van der Waals surface area contributed by atoms with E-state index < -0.39 is 0 Å². The van der Waals surface area contributed by atoms with Gasteiger partial charge in [0.05, 0.1) is 11.7 Å². The zero-order valence-corrected chi connectivity index (χ0v) is 12.3. The maximum atomic E-state index is 12.5. The summed E-state index contributed by atoms with van der Waals surface area (Å²) in [5.41, 5.74) is 0.789. The van der Waals surface area contributed by atoms with Gasteiger partial charge in [0.25, 0.3) is 5.91 Å². The van der Waals surface area contributed by atoms with E-state index in [0.717, 1.165) is 10.5 Å². The van der Waals surface area contributed by atoms with Crippen LogP contribution >= 0.6 is 11.8 Å². The van der Waals surface area contributed by atoms with Gasteiger partial charge >= 0.3 is 0 Å². The van der Waals surface area contributed by atoms with Crippen molar-refractivity contribution in [2.75, 3.05) is 13.1 Å². The molecule has 0 aliphatic carbocycles. The SMILES string of the molecule is CC(C)Sc1ccccc1C(=O)N1CCC(O)CC1. The fourth-order valence-electron chi connectivity index (χ4n) is 2.24. The number of hydrogen-bond acceptors (Lipinski definition) is 3. The van der Waals surface area contributed by atoms with E-state index in [0.29, 0.717) is 31.2 Å². The molecule has 1 N–H and O–H groups in total. The summed E-state index contributed by atoms with van der Waals surface area (Å²) in [7, 11) is 0. The summed E-state index contributed by atoms with van der Waals surface area (Å²) in [5, 5.41) is 9.97. The van der Waals surface area contributed by atoms with Crippen molar-refractivity contribution in [2.24, 2.45) is 0 Å². The Bertz CT molecular complexity index is 440. The third kappa shape index (κ3) is 3.74. The van der Waals surface area contributed by atoms with Crippen LogP contribution in [0.2, 0.25) is 0 Å². The molecule has 19 heavy (non-hydrogen) atoms. The van der Waals surface area contributed by atoms with Gasteiger partial charge in [0.1, 0.15) is 0 Å². The van der Waals surface area contributed by atoms with Crippen LogP contribution in [0.15, 0.2) is 29.2 Å². The molecular formula is C15H21NO2S. The molecule has 0 saturated carbocycles. The molecule has 0 radical (unpaired) electrons. The molecule has 1 aromatic rings. The predicted octanol–water partition coefficient (Wildman–Crippen LogP) is 2.78. The number of piperidine rings is 1. The van der Waals surface area contributed by atoms with Crippen molar-refractivity contribution >= 4 is 17.7 Å². The van der Waals surface area contributed by atoms with Crippen LogP contribution in [-0.4, -0.2) is 40.4 Å². The van der Waals surface area contributed by atoms with Crippen molar-refractivity contribution in [3.63, 3.8) is 0 Å². The van der Waals surface area contributed by atoms with Crippen molar-refractivity contribution in [1.29, 1.82) is 0 Å².